The maximum atomic E-state index is 11.5. The van der Waals surface area contributed by atoms with E-state index in [1.807, 2.05) is 19.1 Å². The Morgan fingerprint density at radius 3 is 2.79 bits per heavy atom. The standard InChI is InChI=1S/C14H20N2O3/c1-9(15)10-3-6-12(13(7-10)18-2)19-8-14(17)16-11-4-5-11/h3,6-7,9,11H,4-5,8,15H2,1-2H3,(H,16,17). The van der Waals surface area contributed by atoms with Crippen LogP contribution in [0.2, 0.25) is 0 Å². The lowest BCUT2D eigenvalue weighted by Crippen LogP contribution is -2.30. The highest BCUT2D eigenvalue weighted by molar-refractivity contribution is 5.78. The van der Waals surface area contributed by atoms with Crippen LogP contribution < -0.4 is 20.5 Å². The minimum absolute atomic E-state index is 0.00435. The van der Waals surface area contributed by atoms with E-state index in [0.29, 0.717) is 17.5 Å². The van der Waals surface area contributed by atoms with Gasteiger partial charge in [0.05, 0.1) is 7.11 Å². The second-order valence-electron chi connectivity index (χ2n) is 4.83. The average molecular weight is 264 g/mol. The molecule has 1 fully saturated rings. The minimum Gasteiger partial charge on any atom is -0.493 e. The van der Waals surface area contributed by atoms with Crippen LogP contribution in [0.25, 0.3) is 0 Å². The van der Waals surface area contributed by atoms with Crippen LogP contribution in [0.1, 0.15) is 31.4 Å². The third-order valence-electron chi connectivity index (χ3n) is 3.01. The highest BCUT2D eigenvalue weighted by Crippen LogP contribution is 2.29. The maximum absolute atomic E-state index is 11.5. The van der Waals surface area contributed by atoms with Gasteiger partial charge in [0, 0.05) is 12.1 Å². The fraction of sp³-hybridized carbons (Fsp3) is 0.500. The third-order valence-corrected chi connectivity index (χ3v) is 3.01. The van der Waals surface area contributed by atoms with Crippen molar-refractivity contribution in [1.82, 2.24) is 5.32 Å². The van der Waals surface area contributed by atoms with Gasteiger partial charge < -0.3 is 20.5 Å². The normalized spacial score (nSPS) is 15.7. The van der Waals surface area contributed by atoms with Crippen molar-refractivity contribution >= 4 is 5.91 Å². The van der Waals surface area contributed by atoms with Gasteiger partial charge in [-0.25, -0.2) is 0 Å². The Labute approximate surface area is 113 Å². The summed E-state index contributed by atoms with van der Waals surface area (Å²) < 4.78 is 10.7. The zero-order valence-corrected chi connectivity index (χ0v) is 11.3. The van der Waals surface area contributed by atoms with Gasteiger partial charge >= 0.3 is 0 Å². The molecule has 1 saturated carbocycles. The van der Waals surface area contributed by atoms with Crippen LogP contribution in [0.3, 0.4) is 0 Å². The van der Waals surface area contributed by atoms with E-state index in [1.54, 1.807) is 13.2 Å². The molecule has 0 aromatic heterocycles. The van der Waals surface area contributed by atoms with Crippen LogP contribution in [-0.4, -0.2) is 25.7 Å². The summed E-state index contributed by atoms with van der Waals surface area (Å²) in [4.78, 5) is 11.5. The lowest BCUT2D eigenvalue weighted by molar-refractivity contribution is -0.123. The first-order chi connectivity index (χ1) is 9.10. The lowest BCUT2D eigenvalue weighted by Gasteiger charge is -2.13. The second-order valence-corrected chi connectivity index (χ2v) is 4.83. The first kappa shape index (κ1) is 13.7. The summed E-state index contributed by atoms with van der Waals surface area (Å²) in [5.74, 6) is 1.05. The van der Waals surface area contributed by atoms with E-state index in [-0.39, 0.29) is 18.6 Å². The largest absolute Gasteiger partial charge is 0.493 e. The van der Waals surface area contributed by atoms with Gasteiger partial charge in [-0.15, -0.1) is 0 Å². The molecule has 0 bridgehead atoms. The molecule has 1 amide bonds. The number of rotatable bonds is 6. The van der Waals surface area contributed by atoms with E-state index in [0.717, 1.165) is 18.4 Å². The van der Waals surface area contributed by atoms with E-state index >= 15 is 0 Å². The third kappa shape index (κ3) is 3.86. The number of carbonyl (C=O) groups is 1. The first-order valence-corrected chi connectivity index (χ1v) is 6.46. The Bertz CT molecular complexity index is 456. The molecule has 0 radical (unpaired) electrons. The molecular formula is C14H20N2O3. The zero-order chi connectivity index (χ0) is 13.8. The topological polar surface area (TPSA) is 73.6 Å². The molecule has 1 aliphatic carbocycles. The molecule has 0 saturated heterocycles. The van der Waals surface area contributed by atoms with Gasteiger partial charge in [-0.2, -0.15) is 0 Å². The number of benzene rings is 1. The van der Waals surface area contributed by atoms with Crippen LogP contribution >= 0.6 is 0 Å². The van der Waals surface area contributed by atoms with Gasteiger partial charge in [-0.1, -0.05) is 6.07 Å². The minimum atomic E-state index is -0.0965. The number of nitrogens with one attached hydrogen (secondary N) is 1. The maximum Gasteiger partial charge on any atom is 0.258 e. The molecule has 5 nitrogen and oxygen atoms in total. The van der Waals surface area contributed by atoms with Crippen molar-refractivity contribution in [3.63, 3.8) is 0 Å². The highest BCUT2D eigenvalue weighted by Gasteiger charge is 2.23. The Morgan fingerprint density at radius 1 is 1.47 bits per heavy atom. The number of ether oxygens (including phenoxy) is 2. The molecular weight excluding hydrogens is 244 g/mol. The first-order valence-electron chi connectivity index (χ1n) is 6.46. The molecule has 1 unspecified atom stereocenters. The summed E-state index contributed by atoms with van der Waals surface area (Å²) in [6.07, 6.45) is 2.14. The lowest BCUT2D eigenvalue weighted by atomic mass is 10.1. The van der Waals surface area contributed by atoms with Crippen molar-refractivity contribution in [1.29, 1.82) is 0 Å². The number of hydrogen-bond donors (Lipinski definition) is 2. The molecule has 1 aromatic rings. The molecule has 19 heavy (non-hydrogen) atoms. The van der Waals surface area contributed by atoms with E-state index in [9.17, 15) is 4.79 Å². The van der Waals surface area contributed by atoms with Crippen molar-refractivity contribution in [3.05, 3.63) is 23.8 Å². The number of amides is 1. The summed E-state index contributed by atoms with van der Waals surface area (Å²) in [5, 5.41) is 2.87. The van der Waals surface area contributed by atoms with Crippen LogP contribution in [0.5, 0.6) is 11.5 Å². The second kappa shape index (κ2) is 5.93. The average Bonchev–Trinajstić information content (AvgIpc) is 3.19. The van der Waals surface area contributed by atoms with Crippen LogP contribution in [0.4, 0.5) is 0 Å². The quantitative estimate of drug-likeness (QED) is 0.814. The summed E-state index contributed by atoms with van der Waals surface area (Å²) in [5.41, 5.74) is 6.78. The van der Waals surface area contributed by atoms with Crippen molar-refractivity contribution in [2.24, 2.45) is 5.73 Å². The van der Waals surface area contributed by atoms with Crippen LogP contribution in [0, 0.1) is 0 Å². The van der Waals surface area contributed by atoms with Crippen LogP contribution in [-0.2, 0) is 4.79 Å². The van der Waals surface area contributed by atoms with Crippen molar-refractivity contribution < 1.29 is 14.3 Å². The Hall–Kier alpha value is -1.75. The van der Waals surface area contributed by atoms with Crippen molar-refractivity contribution in [3.8, 4) is 11.5 Å². The van der Waals surface area contributed by atoms with E-state index < -0.39 is 0 Å². The van der Waals surface area contributed by atoms with Gasteiger partial charge in [0.1, 0.15) is 0 Å². The van der Waals surface area contributed by atoms with E-state index in [4.69, 9.17) is 15.2 Å². The van der Waals surface area contributed by atoms with Gasteiger partial charge in [-0.05, 0) is 37.5 Å². The Morgan fingerprint density at radius 2 is 2.21 bits per heavy atom. The predicted molar refractivity (Wildman–Crippen MR) is 72.3 cm³/mol. The monoisotopic (exact) mass is 264 g/mol. The molecule has 0 aliphatic heterocycles. The molecule has 1 aliphatic rings. The molecule has 0 heterocycles. The van der Waals surface area contributed by atoms with Gasteiger partial charge in [0.25, 0.3) is 5.91 Å². The number of carbonyl (C=O) groups excluding carboxylic acids is 1. The summed E-state index contributed by atoms with van der Waals surface area (Å²) in [6, 6.07) is 5.77. The smallest absolute Gasteiger partial charge is 0.258 e. The van der Waals surface area contributed by atoms with E-state index in [1.165, 1.54) is 0 Å². The van der Waals surface area contributed by atoms with Gasteiger partial charge in [-0.3, -0.25) is 4.79 Å². The Balaban J connectivity index is 1.96. The van der Waals surface area contributed by atoms with Gasteiger partial charge in [0.15, 0.2) is 18.1 Å². The Kier molecular flexibility index (Phi) is 4.27. The van der Waals surface area contributed by atoms with Crippen molar-refractivity contribution in [2.75, 3.05) is 13.7 Å². The van der Waals surface area contributed by atoms with E-state index in [2.05, 4.69) is 5.32 Å². The molecule has 0 spiro atoms. The fourth-order valence-electron chi connectivity index (χ4n) is 1.73. The SMILES string of the molecule is COc1cc(C(C)N)ccc1OCC(=O)NC1CC1. The summed E-state index contributed by atoms with van der Waals surface area (Å²) in [6.45, 7) is 1.91. The van der Waals surface area contributed by atoms with Gasteiger partial charge in [0.2, 0.25) is 0 Å². The molecule has 2 rings (SSSR count). The number of hydrogen-bond acceptors (Lipinski definition) is 4. The number of methoxy groups -OCH3 is 1. The molecule has 5 heteroatoms. The zero-order valence-electron chi connectivity index (χ0n) is 11.3. The summed E-state index contributed by atoms with van der Waals surface area (Å²) in [7, 11) is 1.57. The fourth-order valence-corrected chi connectivity index (χ4v) is 1.73. The molecule has 3 N–H and O–H groups in total. The van der Waals surface area contributed by atoms with Crippen LogP contribution in [0.15, 0.2) is 18.2 Å². The highest BCUT2D eigenvalue weighted by atomic mass is 16.5. The number of nitrogens with two attached hydrogens (primary N) is 1. The summed E-state index contributed by atoms with van der Waals surface area (Å²) >= 11 is 0. The molecule has 104 valence electrons. The molecule has 1 atom stereocenters. The predicted octanol–water partition coefficient (Wildman–Crippen LogP) is 1.37. The van der Waals surface area contributed by atoms with Crippen molar-refractivity contribution in [2.45, 2.75) is 31.8 Å². The molecule has 1 aromatic carbocycles.